The average Bonchev–Trinajstić information content (AvgIpc) is 3.17. The molecule has 0 saturated carbocycles. The van der Waals surface area contributed by atoms with E-state index in [2.05, 4.69) is 15.5 Å². The van der Waals surface area contributed by atoms with E-state index in [-0.39, 0.29) is 0 Å². The molecular formula is C16H16ClN3OS. The number of halogens is 1. The lowest BCUT2D eigenvalue weighted by molar-refractivity contribution is 0.178. The summed E-state index contributed by atoms with van der Waals surface area (Å²) in [5.74, 6) is 0. The largest absolute Gasteiger partial charge is 0.386 e. The Labute approximate surface area is 137 Å². The van der Waals surface area contributed by atoms with E-state index in [9.17, 15) is 5.11 Å². The van der Waals surface area contributed by atoms with Gasteiger partial charge in [0.2, 0.25) is 0 Å². The van der Waals surface area contributed by atoms with Crippen molar-refractivity contribution in [3.05, 3.63) is 63.4 Å². The molecule has 0 fully saturated rings. The summed E-state index contributed by atoms with van der Waals surface area (Å²) < 4.78 is 0.690. The van der Waals surface area contributed by atoms with Crippen LogP contribution in [-0.4, -0.2) is 21.8 Å². The van der Waals surface area contributed by atoms with E-state index in [0.717, 1.165) is 21.7 Å². The Morgan fingerprint density at radius 2 is 2.05 bits per heavy atom. The molecule has 1 aromatic carbocycles. The number of benzene rings is 1. The Morgan fingerprint density at radius 3 is 2.77 bits per heavy atom. The molecule has 0 radical (unpaired) electrons. The van der Waals surface area contributed by atoms with E-state index in [0.29, 0.717) is 17.4 Å². The lowest BCUT2D eigenvalue weighted by atomic mass is 10.1. The summed E-state index contributed by atoms with van der Waals surface area (Å²) in [6.07, 6.45) is 1.26. The molecule has 114 valence electrons. The molecule has 0 bridgehead atoms. The molecule has 2 aromatic heterocycles. The summed E-state index contributed by atoms with van der Waals surface area (Å²) in [6.45, 7) is 1.10. The standard InChI is InChI=1S/C16H16ClN3OS/c17-15-7-6-14(22-15)13(21)10-18-8-12-9-19-20-16(12)11-4-2-1-3-5-11/h1-7,9,13,18,21H,8,10H2,(H,19,20). The number of H-pyrrole nitrogens is 1. The molecule has 0 amide bonds. The van der Waals surface area contributed by atoms with E-state index in [1.807, 2.05) is 42.6 Å². The maximum absolute atomic E-state index is 10.1. The molecule has 1 unspecified atom stereocenters. The maximum Gasteiger partial charge on any atom is 0.101 e. The van der Waals surface area contributed by atoms with Crippen molar-refractivity contribution in [2.75, 3.05) is 6.54 Å². The van der Waals surface area contributed by atoms with E-state index in [4.69, 9.17) is 11.6 Å². The number of nitrogens with one attached hydrogen (secondary N) is 2. The minimum atomic E-state index is -0.551. The van der Waals surface area contributed by atoms with Crippen LogP contribution in [0.4, 0.5) is 0 Å². The van der Waals surface area contributed by atoms with E-state index >= 15 is 0 Å². The van der Waals surface area contributed by atoms with Crippen molar-refractivity contribution in [3.8, 4) is 11.3 Å². The van der Waals surface area contributed by atoms with Crippen LogP contribution in [0.2, 0.25) is 4.34 Å². The highest BCUT2D eigenvalue weighted by Gasteiger charge is 2.11. The first-order valence-corrected chi connectivity index (χ1v) is 8.15. The molecule has 0 aliphatic rings. The van der Waals surface area contributed by atoms with Crippen molar-refractivity contribution in [1.82, 2.24) is 15.5 Å². The third-order valence-corrected chi connectivity index (χ3v) is 4.69. The molecule has 3 N–H and O–H groups in total. The van der Waals surface area contributed by atoms with Crippen LogP contribution in [0.15, 0.2) is 48.7 Å². The monoisotopic (exact) mass is 333 g/mol. The minimum absolute atomic E-state index is 0.469. The second kappa shape index (κ2) is 7.07. The fourth-order valence-corrected chi connectivity index (χ4v) is 3.30. The molecule has 0 aliphatic heterocycles. The molecular weight excluding hydrogens is 318 g/mol. The second-order valence-corrected chi connectivity index (χ2v) is 6.67. The number of hydrogen-bond acceptors (Lipinski definition) is 4. The van der Waals surface area contributed by atoms with Crippen molar-refractivity contribution in [2.45, 2.75) is 12.6 Å². The number of aromatic nitrogens is 2. The van der Waals surface area contributed by atoms with Crippen LogP contribution in [0.5, 0.6) is 0 Å². The maximum atomic E-state index is 10.1. The number of aliphatic hydroxyl groups is 1. The van der Waals surface area contributed by atoms with Crippen molar-refractivity contribution in [2.24, 2.45) is 0 Å². The van der Waals surface area contributed by atoms with E-state index < -0.39 is 6.10 Å². The second-order valence-electron chi connectivity index (χ2n) is 4.92. The van der Waals surface area contributed by atoms with Gasteiger partial charge in [0.05, 0.1) is 16.2 Å². The quantitative estimate of drug-likeness (QED) is 0.645. The summed E-state index contributed by atoms with van der Waals surface area (Å²) in [7, 11) is 0. The highest BCUT2D eigenvalue weighted by Crippen LogP contribution is 2.26. The Hall–Kier alpha value is -1.66. The molecule has 0 spiro atoms. The van der Waals surface area contributed by atoms with Gasteiger partial charge in [-0.3, -0.25) is 5.10 Å². The molecule has 0 saturated heterocycles. The van der Waals surface area contributed by atoms with Crippen molar-refractivity contribution >= 4 is 22.9 Å². The van der Waals surface area contributed by atoms with Gasteiger partial charge in [-0.05, 0) is 17.7 Å². The van der Waals surface area contributed by atoms with Crippen LogP contribution in [0.25, 0.3) is 11.3 Å². The van der Waals surface area contributed by atoms with Crippen LogP contribution >= 0.6 is 22.9 Å². The first-order valence-electron chi connectivity index (χ1n) is 6.95. The van der Waals surface area contributed by atoms with Gasteiger partial charge in [0.1, 0.15) is 6.10 Å². The fourth-order valence-electron chi connectivity index (χ4n) is 2.25. The third-order valence-electron chi connectivity index (χ3n) is 3.36. The SMILES string of the molecule is OC(CNCc1cn[nH]c1-c1ccccc1)c1ccc(Cl)s1. The normalized spacial score (nSPS) is 12.5. The summed E-state index contributed by atoms with van der Waals surface area (Å²) in [5, 5.41) is 20.5. The summed E-state index contributed by atoms with van der Waals surface area (Å²) in [4.78, 5) is 0.868. The minimum Gasteiger partial charge on any atom is -0.386 e. The van der Waals surface area contributed by atoms with Crippen LogP contribution in [-0.2, 0) is 6.54 Å². The zero-order valence-electron chi connectivity index (χ0n) is 11.8. The molecule has 3 aromatic rings. The number of thiophene rings is 1. The van der Waals surface area contributed by atoms with E-state index in [1.165, 1.54) is 11.3 Å². The predicted molar refractivity (Wildman–Crippen MR) is 90.0 cm³/mol. The zero-order chi connectivity index (χ0) is 15.4. The highest BCUT2D eigenvalue weighted by molar-refractivity contribution is 7.16. The van der Waals surface area contributed by atoms with Gasteiger partial charge >= 0.3 is 0 Å². The van der Waals surface area contributed by atoms with Gasteiger partial charge in [0, 0.05) is 23.5 Å². The van der Waals surface area contributed by atoms with Gasteiger partial charge in [-0.2, -0.15) is 5.10 Å². The number of rotatable bonds is 6. The molecule has 1 atom stereocenters. The molecule has 2 heterocycles. The Morgan fingerprint density at radius 1 is 1.23 bits per heavy atom. The van der Waals surface area contributed by atoms with Gasteiger partial charge in [-0.25, -0.2) is 0 Å². The van der Waals surface area contributed by atoms with Crippen LogP contribution in [0.3, 0.4) is 0 Å². The zero-order valence-corrected chi connectivity index (χ0v) is 13.4. The van der Waals surface area contributed by atoms with Gasteiger partial charge in [0.15, 0.2) is 0 Å². The van der Waals surface area contributed by atoms with Gasteiger partial charge in [0.25, 0.3) is 0 Å². The van der Waals surface area contributed by atoms with Crippen molar-refractivity contribution in [3.63, 3.8) is 0 Å². The van der Waals surface area contributed by atoms with E-state index in [1.54, 1.807) is 6.07 Å². The summed E-state index contributed by atoms with van der Waals surface area (Å²) >= 11 is 7.28. The Kier molecular flexibility index (Phi) is 4.90. The van der Waals surface area contributed by atoms with Crippen LogP contribution in [0, 0.1) is 0 Å². The summed E-state index contributed by atoms with van der Waals surface area (Å²) in [5.41, 5.74) is 3.17. The van der Waals surface area contributed by atoms with Gasteiger partial charge in [-0.15, -0.1) is 11.3 Å². The lowest BCUT2D eigenvalue weighted by Gasteiger charge is -2.10. The topological polar surface area (TPSA) is 60.9 Å². The smallest absolute Gasteiger partial charge is 0.101 e. The molecule has 0 aliphatic carbocycles. The molecule has 22 heavy (non-hydrogen) atoms. The number of hydrogen-bond donors (Lipinski definition) is 3. The average molecular weight is 334 g/mol. The highest BCUT2D eigenvalue weighted by atomic mass is 35.5. The fraction of sp³-hybridized carbons (Fsp3) is 0.188. The molecule has 4 nitrogen and oxygen atoms in total. The number of aliphatic hydroxyl groups excluding tert-OH is 1. The van der Waals surface area contributed by atoms with Crippen molar-refractivity contribution < 1.29 is 5.11 Å². The van der Waals surface area contributed by atoms with Crippen molar-refractivity contribution in [1.29, 1.82) is 0 Å². The van der Waals surface area contributed by atoms with Crippen LogP contribution in [0.1, 0.15) is 16.5 Å². The van der Waals surface area contributed by atoms with Gasteiger partial charge in [-0.1, -0.05) is 41.9 Å². The van der Waals surface area contributed by atoms with Crippen LogP contribution < -0.4 is 5.32 Å². The number of nitrogens with zero attached hydrogens (tertiary/aromatic N) is 1. The first kappa shape index (κ1) is 15.2. The summed E-state index contributed by atoms with van der Waals surface area (Å²) in [6, 6.07) is 13.7. The lowest BCUT2D eigenvalue weighted by Crippen LogP contribution is -2.20. The first-order chi connectivity index (χ1) is 10.7. The molecule has 6 heteroatoms. The predicted octanol–water partition coefficient (Wildman–Crippen LogP) is 3.61. The Bertz CT molecular complexity index is 726. The molecule has 3 rings (SSSR count). The third kappa shape index (κ3) is 3.56. The van der Waals surface area contributed by atoms with Gasteiger partial charge < -0.3 is 10.4 Å². The Balaban J connectivity index is 1.60. The number of aromatic amines is 1.